The molecule has 1 aliphatic carbocycles. The van der Waals surface area contributed by atoms with Gasteiger partial charge in [0.1, 0.15) is 0 Å². The van der Waals surface area contributed by atoms with Crippen molar-refractivity contribution in [3.05, 3.63) is 0 Å². The molecule has 2 nitrogen and oxygen atoms in total. The van der Waals surface area contributed by atoms with Crippen molar-refractivity contribution in [1.82, 2.24) is 10.2 Å². The molecule has 2 fully saturated rings. The summed E-state index contributed by atoms with van der Waals surface area (Å²) in [6.07, 6.45) is 6.80. The van der Waals surface area contributed by atoms with Gasteiger partial charge in [0, 0.05) is 6.04 Å². The Balaban J connectivity index is 2.01. The number of nitrogens with zero attached hydrogens (tertiary/aromatic N) is 1. The molecule has 1 saturated carbocycles. The predicted octanol–water partition coefficient (Wildman–Crippen LogP) is 3.28. The molecular weight excluding hydrogens is 220 g/mol. The molecule has 18 heavy (non-hydrogen) atoms. The van der Waals surface area contributed by atoms with E-state index in [1.54, 1.807) is 0 Å². The second-order valence-electron chi connectivity index (χ2n) is 8.06. The number of nitrogens with one attached hydrogen (secondary N) is 1. The summed E-state index contributed by atoms with van der Waals surface area (Å²) in [5, 5.41) is 3.52. The van der Waals surface area contributed by atoms with Crippen LogP contribution in [0.3, 0.4) is 0 Å². The SMILES string of the molecule is CC1(C)CC(N2CCCNCCC2)CC(C)(C)C1. The number of hydrogen-bond acceptors (Lipinski definition) is 2. The van der Waals surface area contributed by atoms with E-state index < -0.39 is 0 Å². The number of rotatable bonds is 1. The first kappa shape index (κ1) is 14.3. The van der Waals surface area contributed by atoms with Crippen molar-refractivity contribution >= 4 is 0 Å². The Morgan fingerprint density at radius 2 is 1.39 bits per heavy atom. The fourth-order valence-corrected chi connectivity index (χ4v) is 4.46. The molecule has 0 aromatic carbocycles. The van der Waals surface area contributed by atoms with Crippen LogP contribution in [0.15, 0.2) is 0 Å². The lowest BCUT2D eigenvalue weighted by atomic mass is 9.63. The van der Waals surface area contributed by atoms with Crippen molar-refractivity contribution < 1.29 is 0 Å². The van der Waals surface area contributed by atoms with Gasteiger partial charge in [-0.1, -0.05) is 27.7 Å². The maximum Gasteiger partial charge on any atom is 0.0105 e. The summed E-state index contributed by atoms with van der Waals surface area (Å²) >= 11 is 0. The first-order valence-corrected chi connectivity index (χ1v) is 7.83. The van der Waals surface area contributed by atoms with Gasteiger partial charge in [-0.25, -0.2) is 0 Å². The molecule has 1 heterocycles. The van der Waals surface area contributed by atoms with Crippen LogP contribution in [0.1, 0.15) is 59.8 Å². The van der Waals surface area contributed by atoms with Crippen LogP contribution in [-0.2, 0) is 0 Å². The number of hydrogen-bond donors (Lipinski definition) is 1. The van der Waals surface area contributed by atoms with E-state index in [-0.39, 0.29) is 0 Å². The van der Waals surface area contributed by atoms with Crippen LogP contribution >= 0.6 is 0 Å². The zero-order chi connectivity index (χ0) is 13.2. The van der Waals surface area contributed by atoms with E-state index in [0.717, 1.165) is 6.04 Å². The first-order chi connectivity index (χ1) is 8.38. The van der Waals surface area contributed by atoms with Gasteiger partial charge in [-0.2, -0.15) is 0 Å². The molecule has 1 N–H and O–H groups in total. The second kappa shape index (κ2) is 5.50. The van der Waals surface area contributed by atoms with Crippen LogP contribution in [0.2, 0.25) is 0 Å². The lowest BCUT2D eigenvalue weighted by Crippen LogP contribution is -2.48. The molecule has 0 unspecified atom stereocenters. The summed E-state index contributed by atoms with van der Waals surface area (Å²) < 4.78 is 0. The Morgan fingerprint density at radius 3 is 1.89 bits per heavy atom. The highest BCUT2D eigenvalue weighted by molar-refractivity contribution is 4.93. The first-order valence-electron chi connectivity index (χ1n) is 7.83. The largest absolute Gasteiger partial charge is 0.317 e. The highest BCUT2D eigenvalue weighted by Gasteiger charge is 2.40. The average molecular weight is 252 g/mol. The van der Waals surface area contributed by atoms with Crippen molar-refractivity contribution in [1.29, 1.82) is 0 Å². The topological polar surface area (TPSA) is 15.3 Å². The van der Waals surface area contributed by atoms with Gasteiger partial charge < -0.3 is 10.2 Å². The van der Waals surface area contributed by atoms with E-state index in [1.165, 1.54) is 58.3 Å². The summed E-state index contributed by atoms with van der Waals surface area (Å²) in [7, 11) is 0. The lowest BCUT2D eigenvalue weighted by Gasteiger charge is -2.49. The van der Waals surface area contributed by atoms with Gasteiger partial charge in [0.15, 0.2) is 0 Å². The van der Waals surface area contributed by atoms with Gasteiger partial charge >= 0.3 is 0 Å². The van der Waals surface area contributed by atoms with E-state index in [4.69, 9.17) is 0 Å². The molecule has 2 rings (SSSR count). The van der Waals surface area contributed by atoms with Crippen LogP contribution < -0.4 is 5.32 Å². The molecule has 106 valence electrons. The zero-order valence-electron chi connectivity index (χ0n) is 12.9. The summed E-state index contributed by atoms with van der Waals surface area (Å²) in [6.45, 7) is 14.9. The highest BCUT2D eigenvalue weighted by atomic mass is 15.2. The fourth-order valence-electron chi connectivity index (χ4n) is 4.46. The molecule has 0 bridgehead atoms. The Kier molecular flexibility index (Phi) is 4.38. The Bertz CT molecular complexity index is 246. The van der Waals surface area contributed by atoms with Crippen LogP contribution in [0, 0.1) is 10.8 Å². The van der Waals surface area contributed by atoms with E-state index in [2.05, 4.69) is 37.9 Å². The predicted molar refractivity (Wildman–Crippen MR) is 78.9 cm³/mol. The maximum absolute atomic E-state index is 3.52. The van der Waals surface area contributed by atoms with Gasteiger partial charge in [-0.15, -0.1) is 0 Å². The quantitative estimate of drug-likeness (QED) is 0.770. The molecule has 2 heteroatoms. The van der Waals surface area contributed by atoms with Gasteiger partial charge in [0.2, 0.25) is 0 Å². The molecular formula is C16H32N2. The molecule has 0 aromatic rings. The minimum atomic E-state index is 0.521. The van der Waals surface area contributed by atoms with Crippen LogP contribution in [-0.4, -0.2) is 37.1 Å². The molecule has 0 atom stereocenters. The van der Waals surface area contributed by atoms with E-state index in [0.29, 0.717) is 10.8 Å². The van der Waals surface area contributed by atoms with E-state index in [9.17, 15) is 0 Å². The van der Waals surface area contributed by atoms with Gasteiger partial charge in [-0.05, 0) is 69.1 Å². The highest BCUT2D eigenvalue weighted by Crippen LogP contribution is 2.47. The lowest BCUT2D eigenvalue weighted by molar-refractivity contribution is 0.0219. The van der Waals surface area contributed by atoms with E-state index in [1.807, 2.05) is 0 Å². The van der Waals surface area contributed by atoms with Crippen LogP contribution in [0.25, 0.3) is 0 Å². The molecule has 0 spiro atoms. The smallest absolute Gasteiger partial charge is 0.0105 e. The van der Waals surface area contributed by atoms with Gasteiger partial charge in [-0.3, -0.25) is 0 Å². The minimum Gasteiger partial charge on any atom is -0.317 e. The van der Waals surface area contributed by atoms with Gasteiger partial charge in [0.05, 0.1) is 0 Å². The van der Waals surface area contributed by atoms with Crippen molar-refractivity contribution in [2.45, 2.75) is 65.8 Å². The molecule has 1 saturated heterocycles. The van der Waals surface area contributed by atoms with Crippen molar-refractivity contribution in [2.75, 3.05) is 26.2 Å². The molecule has 0 amide bonds. The molecule has 2 aliphatic rings. The zero-order valence-corrected chi connectivity index (χ0v) is 12.9. The van der Waals surface area contributed by atoms with Crippen molar-refractivity contribution in [2.24, 2.45) is 10.8 Å². The van der Waals surface area contributed by atoms with Gasteiger partial charge in [0.25, 0.3) is 0 Å². The summed E-state index contributed by atoms with van der Waals surface area (Å²) in [6, 6.07) is 0.821. The Morgan fingerprint density at radius 1 is 0.889 bits per heavy atom. The Labute approximate surface area is 114 Å². The normalized spacial score (nSPS) is 30.7. The monoisotopic (exact) mass is 252 g/mol. The third-order valence-corrected chi connectivity index (χ3v) is 4.65. The maximum atomic E-state index is 3.52. The third kappa shape index (κ3) is 3.96. The standard InChI is InChI=1S/C16H32N2/c1-15(2)11-14(12-16(3,4)13-15)18-9-5-7-17-8-6-10-18/h14,17H,5-13H2,1-4H3. The Hall–Kier alpha value is -0.0800. The molecule has 0 aromatic heterocycles. The summed E-state index contributed by atoms with van der Waals surface area (Å²) in [4.78, 5) is 2.80. The van der Waals surface area contributed by atoms with E-state index >= 15 is 0 Å². The average Bonchev–Trinajstić information content (AvgIpc) is 2.10. The molecule has 1 aliphatic heterocycles. The fraction of sp³-hybridized carbons (Fsp3) is 1.00. The second-order valence-corrected chi connectivity index (χ2v) is 8.06. The third-order valence-electron chi connectivity index (χ3n) is 4.65. The van der Waals surface area contributed by atoms with Crippen LogP contribution in [0.5, 0.6) is 0 Å². The van der Waals surface area contributed by atoms with Crippen molar-refractivity contribution in [3.63, 3.8) is 0 Å². The summed E-state index contributed by atoms with van der Waals surface area (Å²) in [5.74, 6) is 0. The minimum absolute atomic E-state index is 0.521. The van der Waals surface area contributed by atoms with Crippen molar-refractivity contribution in [3.8, 4) is 0 Å². The van der Waals surface area contributed by atoms with Crippen LogP contribution in [0.4, 0.5) is 0 Å². The summed E-state index contributed by atoms with van der Waals surface area (Å²) in [5.41, 5.74) is 1.04. The molecule has 0 radical (unpaired) electrons.